The summed E-state index contributed by atoms with van der Waals surface area (Å²) in [6.45, 7) is 0.740. The highest BCUT2D eigenvalue weighted by atomic mass is 15.4. The molecule has 8 aromatic carbocycles. The molecule has 0 amide bonds. The molecular weight excluding hydrogens is 791 g/mol. The van der Waals surface area contributed by atoms with Gasteiger partial charge in [0.2, 0.25) is 0 Å². The molecule has 2 aromatic heterocycles. The summed E-state index contributed by atoms with van der Waals surface area (Å²) in [7, 11) is 0. The standard InChI is InChI=1S/C60H45N5/c1-5-17-40(18-6-1)46-38-54-60(61-39-46)65(49-23-11-4-12-24-49)59(62-54)45-34-43(41-29-31-57-52(36-41)50-25-13-15-27-55(50)63(57)47-19-7-2-8-20-47)33-44(35-45)42-30-32-58-53(37-42)51-26-14-16-28-56(51)64(58)48-21-9-3-10-22-48/h1-15,17-27,29-38,59,61-62H,16,28,39H2. The number of para-hydroxylation sites is 4. The van der Waals surface area contributed by atoms with Crippen molar-refractivity contribution in [1.29, 1.82) is 0 Å². The summed E-state index contributed by atoms with van der Waals surface area (Å²) in [5, 5.41) is 11.6. The van der Waals surface area contributed by atoms with E-state index in [0.717, 1.165) is 42.3 Å². The Labute approximate surface area is 378 Å². The third-order valence-electron chi connectivity index (χ3n) is 13.6. The van der Waals surface area contributed by atoms with Gasteiger partial charge in [0.1, 0.15) is 12.0 Å². The number of benzene rings is 8. The summed E-state index contributed by atoms with van der Waals surface area (Å²) < 4.78 is 4.87. The van der Waals surface area contributed by atoms with Crippen molar-refractivity contribution in [2.24, 2.45) is 0 Å². The molecule has 0 saturated carbocycles. The molecule has 4 heterocycles. The first-order valence-corrected chi connectivity index (χ1v) is 22.7. The second kappa shape index (κ2) is 15.2. The van der Waals surface area contributed by atoms with Crippen molar-refractivity contribution in [3.63, 3.8) is 0 Å². The zero-order chi connectivity index (χ0) is 42.8. The van der Waals surface area contributed by atoms with Crippen LogP contribution in [0, 0.1) is 0 Å². The van der Waals surface area contributed by atoms with E-state index in [2.05, 4.69) is 243 Å². The van der Waals surface area contributed by atoms with Gasteiger partial charge in [0, 0.05) is 51.0 Å². The first-order chi connectivity index (χ1) is 32.2. The first kappa shape index (κ1) is 37.3. The molecule has 0 bridgehead atoms. The van der Waals surface area contributed by atoms with Crippen molar-refractivity contribution in [3.05, 3.63) is 246 Å². The summed E-state index contributed by atoms with van der Waals surface area (Å²) in [5.41, 5.74) is 19.3. The van der Waals surface area contributed by atoms with Gasteiger partial charge in [-0.2, -0.15) is 0 Å². The zero-order valence-corrected chi connectivity index (χ0v) is 35.8. The molecular formula is C60H45N5. The van der Waals surface area contributed by atoms with Crippen LogP contribution in [0.5, 0.6) is 0 Å². The Kier molecular flexibility index (Phi) is 8.73. The van der Waals surface area contributed by atoms with Gasteiger partial charge in [0.15, 0.2) is 0 Å². The number of fused-ring (bicyclic) bond motifs is 6. The van der Waals surface area contributed by atoms with Crippen molar-refractivity contribution < 1.29 is 0 Å². The monoisotopic (exact) mass is 835 g/mol. The number of nitrogens with one attached hydrogen (secondary N) is 2. The number of aromatic nitrogens is 2. The van der Waals surface area contributed by atoms with E-state index in [1.54, 1.807) is 0 Å². The molecule has 1 unspecified atom stereocenters. The van der Waals surface area contributed by atoms with Crippen LogP contribution in [0.2, 0.25) is 0 Å². The summed E-state index contributed by atoms with van der Waals surface area (Å²) in [6.07, 6.45) is 8.89. The second-order valence-electron chi connectivity index (χ2n) is 17.4. The molecule has 0 spiro atoms. The van der Waals surface area contributed by atoms with Crippen molar-refractivity contribution in [3.8, 4) is 33.6 Å². The molecule has 13 rings (SSSR count). The normalized spacial score (nSPS) is 15.5. The van der Waals surface area contributed by atoms with Crippen molar-refractivity contribution in [2.45, 2.75) is 19.0 Å². The third-order valence-corrected chi connectivity index (χ3v) is 13.6. The van der Waals surface area contributed by atoms with E-state index >= 15 is 0 Å². The number of dihydropyridines is 1. The number of hydrogen-bond acceptors (Lipinski definition) is 3. The van der Waals surface area contributed by atoms with E-state index in [1.807, 2.05) is 0 Å². The molecule has 10 aromatic rings. The maximum atomic E-state index is 4.03. The molecule has 1 atom stereocenters. The Morgan fingerprint density at radius 2 is 1.05 bits per heavy atom. The van der Waals surface area contributed by atoms with Crippen LogP contribution >= 0.6 is 0 Å². The van der Waals surface area contributed by atoms with Crippen LogP contribution in [-0.4, -0.2) is 15.7 Å². The zero-order valence-electron chi connectivity index (χ0n) is 35.8. The van der Waals surface area contributed by atoms with Gasteiger partial charge >= 0.3 is 0 Å². The number of anilines is 1. The van der Waals surface area contributed by atoms with E-state index in [9.17, 15) is 0 Å². The van der Waals surface area contributed by atoms with Crippen LogP contribution in [0.15, 0.2) is 224 Å². The lowest BCUT2D eigenvalue weighted by atomic mass is 9.93. The van der Waals surface area contributed by atoms with Gasteiger partial charge in [-0.1, -0.05) is 127 Å². The highest BCUT2D eigenvalue weighted by molar-refractivity contribution is 6.10. The predicted molar refractivity (Wildman–Crippen MR) is 270 cm³/mol. The van der Waals surface area contributed by atoms with E-state index in [1.165, 1.54) is 88.6 Å². The minimum absolute atomic E-state index is 0.178. The largest absolute Gasteiger partial charge is 0.366 e. The number of hydrogen-bond donors (Lipinski definition) is 2. The van der Waals surface area contributed by atoms with Crippen LogP contribution in [0.25, 0.3) is 78.0 Å². The van der Waals surface area contributed by atoms with Crippen molar-refractivity contribution >= 4 is 50.0 Å². The van der Waals surface area contributed by atoms with Crippen LogP contribution in [0.4, 0.5) is 5.69 Å². The Bertz CT molecular complexity index is 3560. The lowest BCUT2D eigenvalue weighted by Crippen LogP contribution is -2.34. The van der Waals surface area contributed by atoms with Crippen LogP contribution < -0.4 is 15.5 Å². The smallest absolute Gasteiger partial charge is 0.132 e. The van der Waals surface area contributed by atoms with Gasteiger partial charge in [-0.3, -0.25) is 0 Å². The summed E-state index contributed by atoms with van der Waals surface area (Å²) >= 11 is 0. The van der Waals surface area contributed by atoms with Gasteiger partial charge in [-0.25, -0.2) is 0 Å². The average molecular weight is 836 g/mol. The molecule has 2 aliphatic heterocycles. The fraction of sp³-hybridized carbons (Fsp3) is 0.0667. The van der Waals surface area contributed by atoms with Crippen molar-refractivity contribution in [1.82, 2.24) is 19.8 Å². The number of nitrogens with zero attached hydrogens (tertiary/aromatic N) is 3. The fourth-order valence-electron chi connectivity index (χ4n) is 10.6. The van der Waals surface area contributed by atoms with Gasteiger partial charge in [0.25, 0.3) is 0 Å². The molecule has 65 heavy (non-hydrogen) atoms. The summed E-state index contributed by atoms with van der Waals surface area (Å²) in [4.78, 5) is 2.44. The molecule has 0 radical (unpaired) electrons. The van der Waals surface area contributed by atoms with Crippen LogP contribution in [0.3, 0.4) is 0 Å². The molecule has 0 saturated heterocycles. The maximum absolute atomic E-state index is 4.03. The maximum Gasteiger partial charge on any atom is 0.132 e. The Morgan fingerprint density at radius 1 is 0.462 bits per heavy atom. The quantitative estimate of drug-likeness (QED) is 0.168. The van der Waals surface area contributed by atoms with Crippen molar-refractivity contribution in [2.75, 3.05) is 11.4 Å². The first-order valence-electron chi connectivity index (χ1n) is 22.7. The number of allylic oxidation sites excluding steroid dienone is 2. The lowest BCUT2D eigenvalue weighted by Gasteiger charge is -2.31. The lowest BCUT2D eigenvalue weighted by molar-refractivity contribution is 0.642. The Balaban J connectivity index is 1.01. The van der Waals surface area contributed by atoms with E-state index in [-0.39, 0.29) is 6.17 Å². The summed E-state index contributed by atoms with van der Waals surface area (Å²) in [6, 6.07) is 73.2. The van der Waals surface area contributed by atoms with Gasteiger partial charge in [-0.05, 0) is 143 Å². The highest BCUT2D eigenvalue weighted by Gasteiger charge is 2.35. The third kappa shape index (κ3) is 6.23. The van der Waals surface area contributed by atoms with Gasteiger partial charge in [0.05, 0.1) is 22.2 Å². The molecule has 310 valence electrons. The molecule has 5 heteroatoms. The predicted octanol–water partition coefficient (Wildman–Crippen LogP) is 14.0. The van der Waals surface area contributed by atoms with E-state index in [0.29, 0.717) is 0 Å². The fourth-order valence-corrected chi connectivity index (χ4v) is 10.6. The van der Waals surface area contributed by atoms with Gasteiger partial charge in [-0.15, -0.1) is 0 Å². The summed E-state index contributed by atoms with van der Waals surface area (Å²) in [5.74, 6) is 1.09. The molecule has 3 aliphatic rings. The van der Waals surface area contributed by atoms with E-state index < -0.39 is 0 Å². The van der Waals surface area contributed by atoms with Crippen LogP contribution in [0.1, 0.15) is 35.0 Å². The molecule has 2 N–H and O–H groups in total. The van der Waals surface area contributed by atoms with E-state index in [4.69, 9.17) is 0 Å². The number of rotatable bonds is 7. The average Bonchev–Trinajstić information content (AvgIpc) is 4.05. The van der Waals surface area contributed by atoms with Gasteiger partial charge < -0.3 is 24.7 Å². The topological polar surface area (TPSA) is 37.2 Å². The SMILES string of the molecule is C1=Cc2c(n(-c3ccccc3)c3ccc(-c4cc(-c5ccc6c(c5)c5ccccc5n6-c5ccccc5)cc(C5NC6=C(NCC(c7ccccc7)=C6)N5c5ccccc5)c4)cc23)CC1. The second-order valence-corrected chi connectivity index (χ2v) is 17.4. The molecule has 1 aliphatic carbocycles. The van der Waals surface area contributed by atoms with Crippen LogP contribution in [-0.2, 0) is 6.42 Å². The minimum atomic E-state index is -0.178. The highest BCUT2D eigenvalue weighted by Crippen LogP contribution is 2.43. The Morgan fingerprint density at radius 3 is 1.75 bits per heavy atom. The molecule has 5 nitrogen and oxygen atoms in total. The Hall–Kier alpha value is -8.28. The minimum Gasteiger partial charge on any atom is -0.366 e. The molecule has 0 fully saturated rings.